The Hall–Kier alpha value is -5.92. The molecule has 0 fully saturated rings. The van der Waals surface area contributed by atoms with Crippen molar-refractivity contribution in [3.05, 3.63) is 168 Å². The van der Waals surface area contributed by atoms with Crippen molar-refractivity contribution in [3.8, 4) is 0 Å². The molecular formula is C46H36BF2N3Si. The molecule has 0 aromatic heterocycles. The van der Waals surface area contributed by atoms with Crippen LogP contribution in [0.1, 0.15) is 11.1 Å². The molecule has 0 aliphatic carbocycles. The third-order valence-corrected chi connectivity index (χ3v) is 14.9. The SMILES string of the molecule is Cc1cc2c3c(c1)[Si](C)(C)c1cc(C)cc4c1B3c1c(cc(N(c3ccccc3)c3ccccc3)cc1N4c1ccc(F)cc1)N2c1ccc(F)cc1. The van der Waals surface area contributed by atoms with Gasteiger partial charge in [-0.05, 0) is 138 Å². The molecule has 0 saturated carbocycles. The van der Waals surface area contributed by atoms with Crippen LogP contribution in [0.4, 0.5) is 60.0 Å². The molecule has 3 aliphatic rings. The van der Waals surface area contributed by atoms with Crippen molar-refractivity contribution in [3.63, 3.8) is 0 Å². The van der Waals surface area contributed by atoms with Gasteiger partial charge in [0, 0.05) is 45.5 Å². The Morgan fingerprint density at radius 2 is 0.868 bits per heavy atom. The Labute approximate surface area is 310 Å². The van der Waals surface area contributed by atoms with Gasteiger partial charge >= 0.3 is 0 Å². The van der Waals surface area contributed by atoms with E-state index in [2.05, 4.69) is 127 Å². The highest BCUT2D eigenvalue weighted by Gasteiger charge is 2.52. The van der Waals surface area contributed by atoms with Gasteiger partial charge in [-0.1, -0.05) is 72.0 Å². The number of anilines is 9. The second kappa shape index (κ2) is 11.5. The van der Waals surface area contributed by atoms with Crippen LogP contribution in [-0.2, 0) is 0 Å². The molecule has 0 N–H and O–H groups in total. The summed E-state index contributed by atoms with van der Waals surface area (Å²) in [6, 6.07) is 48.8. The minimum absolute atomic E-state index is 0.0129. The van der Waals surface area contributed by atoms with E-state index in [-0.39, 0.29) is 18.3 Å². The normalized spacial score (nSPS) is 14.3. The summed E-state index contributed by atoms with van der Waals surface area (Å²) < 4.78 is 29.3. The van der Waals surface area contributed by atoms with Gasteiger partial charge in [0.25, 0.3) is 6.71 Å². The van der Waals surface area contributed by atoms with Crippen molar-refractivity contribution < 1.29 is 8.78 Å². The molecule has 0 atom stereocenters. The monoisotopic (exact) mass is 707 g/mol. The van der Waals surface area contributed by atoms with E-state index < -0.39 is 8.07 Å². The Balaban J connectivity index is 1.38. The van der Waals surface area contributed by atoms with E-state index in [4.69, 9.17) is 0 Å². The fraction of sp³-hybridized carbons (Fsp3) is 0.0870. The lowest BCUT2D eigenvalue weighted by Crippen LogP contribution is -2.79. The third-order valence-electron chi connectivity index (χ3n) is 11.4. The second-order valence-electron chi connectivity index (χ2n) is 15.1. The van der Waals surface area contributed by atoms with Gasteiger partial charge in [0.1, 0.15) is 19.7 Å². The average molecular weight is 708 g/mol. The summed E-state index contributed by atoms with van der Waals surface area (Å²) in [6.45, 7) is 9.33. The lowest BCUT2D eigenvalue weighted by atomic mass is 9.33. The highest BCUT2D eigenvalue weighted by atomic mass is 28.3. The predicted octanol–water partition coefficient (Wildman–Crippen LogP) is 9.27. The topological polar surface area (TPSA) is 9.72 Å². The van der Waals surface area contributed by atoms with Crippen LogP contribution in [0, 0.1) is 25.5 Å². The molecule has 7 heteroatoms. The first-order chi connectivity index (χ1) is 25.7. The van der Waals surface area contributed by atoms with E-state index in [1.165, 1.54) is 37.9 Å². The smallest absolute Gasteiger partial charge is 0.251 e. The van der Waals surface area contributed by atoms with Crippen LogP contribution in [0.2, 0.25) is 13.1 Å². The minimum Gasteiger partial charge on any atom is -0.311 e. The summed E-state index contributed by atoms with van der Waals surface area (Å²) in [5.74, 6) is -0.537. The largest absolute Gasteiger partial charge is 0.311 e. The Morgan fingerprint density at radius 3 is 1.28 bits per heavy atom. The molecular weight excluding hydrogens is 671 g/mol. The van der Waals surface area contributed by atoms with Gasteiger partial charge in [0.2, 0.25) is 0 Å². The Bertz CT molecular complexity index is 2420. The van der Waals surface area contributed by atoms with Crippen LogP contribution in [0.5, 0.6) is 0 Å². The standard InChI is InChI=1S/C46H36BF2N3Si/c1-29-23-38-45-42(25-29)53(3,4)43-26-30(2)24-39-46(43)47(45)44-40(51(38)35-19-15-31(48)16-20-35)27-37(28-41(44)52(39)36-21-17-32(49)18-22-36)50(33-11-7-5-8-12-33)34-13-9-6-10-14-34/h5-28H,1-4H3. The zero-order valence-electron chi connectivity index (χ0n) is 30.0. The van der Waals surface area contributed by atoms with E-state index in [0.29, 0.717) is 0 Å². The predicted molar refractivity (Wildman–Crippen MR) is 221 cm³/mol. The van der Waals surface area contributed by atoms with E-state index in [1.54, 1.807) is 24.3 Å². The maximum absolute atomic E-state index is 14.6. The third kappa shape index (κ3) is 4.70. The van der Waals surface area contributed by atoms with E-state index >= 15 is 0 Å². The number of hydrogen-bond acceptors (Lipinski definition) is 3. The number of aryl methyl sites for hydroxylation is 2. The van der Waals surface area contributed by atoms with Gasteiger partial charge in [-0.2, -0.15) is 0 Å². The van der Waals surface area contributed by atoms with Crippen molar-refractivity contribution in [2.45, 2.75) is 26.9 Å². The van der Waals surface area contributed by atoms with Crippen molar-refractivity contribution in [2.75, 3.05) is 14.7 Å². The molecule has 0 spiro atoms. The van der Waals surface area contributed by atoms with E-state index in [0.717, 1.165) is 51.2 Å². The number of halogens is 2. The lowest BCUT2D eigenvalue weighted by Gasteiger charge is -2.50. The van der Waals surface area contributed by atoms with Gasteiger partial charge in [-0.3, -0.25) is 0 Å². The summed E-state index contributed by atoms with van der Waals surface area (Å²) in [6.07, 6.45) is 0. The summed E-state index contributed by atoms with van der Waals surface area (Å²) in [4.78, 5) is 7.01. The fourth-order valence-corrected chi connectivity index (χ4v) is 12.5. The lowest BCUT2D eigenvalue weighted by molar-refractivity contribution is 0.627. The van der Waals surface area contributed by atoms with Gasteiger partial charge in [0.05, 0.1) is 5.69 Å². The molecule has 3 aliphatic heterocycles. The van der Waals surface area contributed by atoms with Crippen LogP contribution < -0.4 is 41.5 Å². The molecule has 0 bridgehead atoms. The minimum atomic E-state index is -2.25. The van der Waals surface area contributed by atoms with Crippen LogP contribution in [0.15, 0.2) is 146 Å². The molecule has 0 amide bonds. The molecule has 0 unspecified atom stereocenters. The molecule has 7 aromatic carbocycles. The highest BCUT2D eigenvalue weighted by molar-refractivity contribution is 7.16. The highest BCUT2D eigenvalue weighted by Crippen LogP contribution is 2.48. The van der Waals surface area contributed by atoms with Crippen LogP contribution in [-0.4, -0.2) is 14.8 Å². The van der Waals surface area contributed by atoms with Gasteiger partial charge in [-0.25, -0.2) is 8.78 Å². The van der Waals surface area contributed by atoms with Crippen LogP contribution >= 0.6 is 0 Å². The van der Waals surface area contributed by atoms with Crippen LogP contribution in [0.25, 0.3) is 0 Å². The summed E-state index contributed by atoms with van der Waals surface area (Å²) in [5.41, 5.74) is 15.5. The van der Waals surface area contributed by atoms with Gasteiger partial charge < -0.3 is 14.7 Å². The first-order valence-corrected chi connectivity index (χ1v) is 21.2. The summed E-state index contributed by atoms with van der Waals surface area (Å²) in [7, 11) is -2.25. The summed E-state index contributed by atoms with van der Waals surface area (Å²) >= 11 is 0. The van der Waals surface area contributed by atoms with Crippen molar-refractivity contribution >= 4 is 92.7 Å². The zero-order chi connectivity index (χ0) is 36.2. The molecule has 7 aromatic rings. The molecule has 0 saturated heterocycles. The molecule has 53 heavy (non-hydrogen) atoms. The summed E-state index contributed by atoms with van der Waals surface area (Å²) in [5, 5.41) is 2.89. The number of hydrogen-bond donors (Lipinski definition) is 0. The second-order valence-corrected chi connectivity index (χ2v) is 19.4. The van der Waals surface area contributed by atoms with Gasteiger partial charge in [0.15, 0.2) is 0 Å². The van der Waals surface area contributed by atoms with Gasteiger partial charge in [-0.15, -0.1) is 0 Å². The van der Waals surface area contributed by atoms with Crippen LogP contribution in [0.3, 0.4) is 0 Å². The molecule has 3 heterocycles. The zero-order valence-corrected chi connectivity index (χ0v) is 31.0. The van der Waals surface area contributed by atoms with Crippen molar-refractivity contribution in [1.29, 1.82) is 0 Å². The Kier molecular flexibility index (Phi) is 6.92. The number of rotatable bonds is 5. The average Bonchev–Trinajstić information content (AvgIpc) is 3.15. The maximum Gasteiger partial charge on any atom is 0.251 e. The molecule has 256 valence electrons. The molecule has 0 radical (unpaired) electrons. The van der Waals surface area contributed by atoms with E-state index in [9.17, 15) is 8.78 Å². The number of benzene rings is 7. The number of nitrogens with zero attached hydrogens (tertiary/aromatic N) is 3. The van der Waals surface area contributed by atoms with E-state index in [1.807, 2.05) is 36.4 Å². The first-order valence-electron chi connectivity index (χ1n) is 18.2. The fourth-order valence-electron chi connectivity index (χ4n) is 9.15. The quantitative estimate of drug-likeness (QED) is 0.165. The molecule has 10 rings (SSSR count). The molecule has 3 nitrogen and oxygen atoms in total. The maximum atomic E-state index is 14.6. The Morgan fingerprint density at radius 1 is 0.472 bits per heavy atom. The first kappa shape index (κ1) is 31.8. The van der Waals surface area contributed by atoms with Crippen molar-refractivity contribution in [1.82, 2.24) is 0 Å². The number of para-hydroxylation sites is 2. The van der Waals surface area contributed by atoms with Crippen molar-refractivity contribution in [2.24, 2.45) is 0 Å².